The summed E-state index contributed by atoms with van der Waals surface area (Å²) in [4.78, 5) is 14.2. The van der Waals surface area contributed by atoms with Gasteiger partial charge in [0.25, 0.3) is 5.91 Å². The third-order valence-corrected chi connectivity index (χ3v) is 4.44. The van der Waals surface area contributed by atoms with Crippen molar-refractivity contribution in [2.24, 2.45) is 11.8 Å². The maximum atomic E-state index is 12.2. The van der Waals surface area contributed by atoms with Gasteiger partial charge in [-0.25, -0.2) is 0 Å². The Kier molecular flexibility index (Phi) is 2.69. The minimum Gasteiger partial charge on any atom is -0.338 e. The van der Waals surface area contributed by atoms with Crippen LogP contribution in [0.1, 0.15) is 16.8 Å². The standard InChI is InChI=1S/C12H16N2OS/c15-12(10-2-4-16-8-10)14-3-1-9-5-13-6-11(9)7-14/h2,4,8-9,11,13H,1,3,5-7H2. The quantitative estimate of drug-likeness (QED) is 0.800. The van der Waals surface area contributed by atoms with Crippen molar-refractivity contribution in [3.63, 3.8) is 0 Å². The van der Waals surface area contributed by atoms with Gasteiger partial charge in [-0.3, -0.25) is 4.79 Å². The number of rotatable bonds is 1. The summed E-state index contributed by atoms with van der Waals surface area (Å²) in [5.41, 5.74) is 0.856. The Bertz CT molecular complexity index is 376. The van der Waals surface area contributed by atoms with Crippen LogP contribution in [0.2, 0.25) is 0 Å². The van der Waals surface area contributed by atoms with Crippen molar-refractivity contribution in [2.75, 3.05) is 26.2 Å². The van der Waals surface area contributed by atoms with Gasteiger partial charge in [-0.2, -0.15) is 11.3 Å². The van der Waals surface area contributed by atoms with Gasteiger partial charge in [0.15, 0.2) is 0 Å². The molecule has 2 fully saturated rings. The van der Waals surface area contributed by atoms with Gasteiger partial charge in [0.1, 0.15) is 0 Å². The topological polar surface area (TPSA) is 32.3 Å². The van der Waals surface area contributed by atoms with Gasteiger partial charge in [0.05, 0.1) is 5.56 Å². The van der Waals surface area contributed by atoms with Crippen LogP contribution in [0.25, 0.3) is 0 Å². The molecule has 0 aliphatic carbocycles. The predicted octanol–water partition coefficient (Wildman–Crippen LogP) is 1.43. The van der Waals surface area contributed by atoms with Crippen LogP contribution in [-0.2, 0) is 0 Å². The van der Waals surface area contributed by atoms with Crippen LogP contribution in [0.5, 0.6) is 0 Å². The molecule has 2 atom stereocenters. The fourth-order valence-corrected chi connectivity index (χ4v) is 3.42. The number of nitrogens with zero attached hydrogens (tertiary/aromatic N) is 1. The number of nitrogens with one attached hydrogen (secondary N) is 1. The second kappa shape index (κ2) is 4.18. The Balaban J connectivity index is 1.70. The summed E-state index contributed by atoms with van der Waals surface area (Å²) in [5.74, 6) is 1.69. The summed E-state index contributed by atoms with van der Waals surface area (Å²) in [5, 5.41) is 7.34. The number of carbonyl (C=O) groups is 1. The number of piperidine rings is 1. The minimum atomic E-state index is 0.214. The number of likely N-dealkylation sites (tertiary alicyclic amines) is 1. The number of fused-ring (bicyclic) bond motifs is 1. The zero-order valence-corrected chi connectivity index (χ0v) is 10.0. The lowest BCUT2D eigenvalue weighted by Crippen LogP contribution is -2.43. The SMILES string of the molecule is O=C(c1ccsc1)N1CCC2CNCC2C1. The lowest BCUT2D eigenvalue weighted by molar-refractivity contribution is 0.0643. The Morgan fingerprint density at radius 2 is 2.31 bits per heavy atom. The van der Waals surface area contributed by atoms with E-state index in [1.54, 1.807) is 11.3 Å². The van der Waals surface area contributed by atoms with Crippen LogP contribution in [0.4, 0.5) is 0 Å². The molecule has 3 rings (SSSR count). The predicted molar refractivity (Wildman–Crippen MR) is 64.7 cm³/mol. The fourth-order valence-electron chi connectivity index (χ4n) is 2.79. The minimum absolute atomic E-state index is 0.214. The number of carbonyl (C=O) groups excluding carboxylic acids is 1. The molecule has 0 radical (unpaired) electrons. The van der Waals surface area contributed by atoms with E-state index in [1.807, 2.05) is 21.7 Å². The Morgan fingerprint density at radius 1 is 1.44 bits per heavy atom. The first-order valence-electron chi connectivity index (χ1n) is 5.87. The molecule has 1 N–H and O–H groups in total. The highest BCUT2D eigenvalue weighted by atomic mass is 32.1. The van der Waals surface area contributed by atoms with Gasteiger partial charge in [-0.05, 0) is 42.8 Å². The van der Waals surface area contributed by atoms with E-state index >= 15 is 0 Å². The molecule has 1 aromatic heterocycles. The zero-order valence-electron chi connectivity index (χ0n) is 9.19. The summed E-state index contributed by atoms with van der Waals surface area (Å²) in [6, 6.07) is 1.92. The normalized spacial score (nSPS) is 29.1. The van der Waals surface area contributed by atoms with Crippen molar-refractivity contribution >= 4 is 17.2 Å². The van der Waals surface area contributed by atoms with Crippen molar-refractivity contribution in [1.82, 2.24) is 10.2 Å². The molecule has 2 saturated heterocycles. The average molecular weight is 236 g/mol. The van der Waals surface area contributed by atoms with Crippen LogP contribution in [0, 0.1) is 11.8 Å². The Morgan fingerprint density at radius 3 is 3.12 bits per heavy atom. The highest BCUT2D eigenvalue weighted by molar-refractivity contribution is 7.08. The lowest BCUT2D eigenvalue weighted by Gasteiger charge is -2.34. The fraction of sp³-hybridized carbons (Fsp3) is 0.583. The molecule has 4 heteroatoms. The van der Waals surface area contributed by atoms with E-state index in [2.05, 4.69) is 5.32 Å². The van der Waals surface area contributed by atoms with Crippen molar-refractivity contribution in [3.05, 3.63) is 22.4 Å². The second-order valence-corrected chi connectivity index (χ2v) is 5.51. The van der Waals surface area contributed by atoms with E-state index in [9.17, 15) is 4.79 Å². The maximum absolute atomic E-state index is 12.2. The van der Waals surface area contributed by atoms with Gasteiger partial charge in [-0.15, -0.1) is 0 Å². The molecule has 1 amide bonds. The molecular weight excluding hydrogens is 220 g/mol. The highest BCUT2D eigenvalue weighted by Gasteiger charge is 2.34. The van der Waals surface area contributed by atoms with Gasteiger partial charge in [-0.1, -0.05) is 0 Å². The summed E-state index contributed by atoms with van der Waals surface area (Å²) < 4.78 is 0. The van der Waals surface area contributed by atoms with E-state index < -0.39 is 0 Å². The molecule has 1 aromatic rings. The highest BCUT2D eigenvalue weighted by Crippen LogP contribution is 2.27. The van der Waals surface area contributed by atoms with Crippen molar-refractivity contribution in [2.45, 2.75) is 6.42 Å². The third-order valence-electron chi connectivity index (χ3n) is 3.76. The van der Waals surface area contributed by atoms with Crippen LogP contribution in [-0.4, -0.2) is 37.0 Å². The molecule has 2 unspecified atom stereocenters. The summed E-state index contributed by atoms with van der Waals surface area (Å²) in [6.07, 6.45) is 1.16. The first-order valence-corrected chi connectivity index (χ1v) is 6.81. The molecule has 3 nitrogen and oxygen atoms in total. The third kappa shape index (κ3) is 1.76. The van der Waals surface area contributed by atoms with Crippen molar-refractivity contribution in [3.8, 4) is 0 Å². The maximum Gasteiger partial charge on any atom is 0.254 e. The molecule has 0 saturated carbocycles. The molecular formula is C12H16N2OS. The van der Waals surface area contributed by atoms with Crippen LogP contribution in [0.15, 0.2) is 16.8 Å². The van der Waals surface area contributed by atoms with E-state index in [4.69, 9.17) is 0 Å². The number of hydrogen-bond acceptors (Lipinski definition) is 3. The van der Waals surface area contributed by atoms with Crippen LogP contribution in [0.3, 0.4) is 0 Å². The summed E-state index contributed by atoms with van der Waals surface area (Å²) >= 11 is 1.59. The van der Waals surface area contributed by atoms with Gasteiger partial charge >= 0.3 is 0 Å². The summed E-state index contributed by atoms with van der Waals surface area (Å²) in [7, 11) is 0. The summed E-state index contributed by atoms with van der Waals surface area (Å²) in [6.45, 7) is 4.09. The van der Waals surface area contributed by atoms with Gasteiger partial charge < -0.3 is 10.2 Å². The molecule has 0 spiro atoms. The average Bonchev–Trinajstić information content (AvgIpc) is 2.98. The molecule has 86 valence electrons. The van der Waals surface area contributed by atoms with Gasteiger partial charge in [0, 0.05) is 18.5 Å². The van der Waals surface area contributed by atoms with Crippen molar-refractivity contribution < 1.29 is 4.79 Å². The van der Waals surface area contributed by atoms with Crippen LogP contribution >= 0.6 is 11.3 Å². The smallest absolute Gasteiger partial charge is 0.254 e. The first kappa shape index (κ1) is 10.3. The largest absolute Gasteiger partial charge is 0.338 e. The number of thiophene rings is 1. The molecule has 2 aliphatic heterocycles. The second-order valence-electron chi connectivity index (χ2n) is 4.73. The molecule has 2 aliphatic rings. The molecule has 0 aromatic carbocycles. The van der Waals surface area contributed by atoms with Gasteiger partial charge in [0.2, 0.25) is 0 Å². The van der Waals surface area contributed by atoms with E-state index in [1.165, 1.54) is 0 Å². The lowest BCUT2D eigenvalue weighted by atomic mass is 9.88. The Hall–Kier alpha value is -0.870. The number of amides is 1. The van der Waals surface area contributed by atoms with E-state index in [0.29, 0.717) is 5.92 Å². The van der Waals surface area contributed by atoms with Crippen LogP contribution < -0.4 is 5.32 Å². The zero-order chi connectivity index (χ0) is 11.0. The molecule has 16 heavy (non-hydrogen) atoms. The van der Waals surface area contributed by atoms with E-state index in [0.717, 1.165) is 44.1 Å². The number of hydrogen-bond donors (Lipinski definition) is 1. The van der Waals surface area contributed by atoms with Crippen molar-refractivity contribution in [1.29, 1.82) is 0 Å². The first-order chi connectivity index (χ1) is 7.84. The monoisotopic (exact) mass is 236 g/mol. The Labute approximate surface area is 99.5 Å². The van der Waals surface area contributed by atoms with E-state index in [-0.39, 0.29) is 5.91 Å². The molecule has 3 heterocycles. The molecule has 0 bridgehead atoms.